The number of unbranched alkanes of at least 4 members (excludes halogenated alkanes) is 10. The zero-order valence-corrected chi connectivity index (χ0v) is 21.8. The van der Waals surface area contributed by atoms with Crippen LogP contribution >= 0.6 is 8.60 Å². The quantitative estimate of drug-likeness (QED) is 0.145. The summed E-state index contributed by atoms with van der Waals surface area (Å²) in [6, 6.07) is 13.9. The molecule has 2 aromatic rings. The van der Waals surface area contributed by atoms with E-state index in [1.807, 2.05) is 31.2 Å². The molecule has 3 N–H and O–H groups in total. The molecule has 0 aliphatic rings. The minimum absolute atomic E-state index is 0.177. The Kier molecular flexibility index (Phi) is 14.2. The van der Waals surface area contributed by atoms with Gasteiger partial charge >= 0.3 is 8.60 Å². The van der Waals surface area contributed by atoms with Crippen molar-refractivity contribution in [2.45, 2.75) is 96.5 Å². The standard InChI is InChI=1S/C28H43O5P/c1-3-4-5-6-7-8-9-10-11-12-13-22-32-34(31)33-23(2)28(24-14-18-26(29)19-15-24)25-16-20-27(30)21-17-25/h14-21,23,28-31H,3-13,22H2,1-2H3. The second-order valence-electron chi connectivity index (χ2n) is 9.08. The summed E-state index contributed by atoms with van der Waals surface area (Å²) in [6.45, 7) is 4.65. The van der Waals surface area contributed by atoms with Crippen LogP contribution in [0.4, 0.5) is 0 Å². The molecule has 2 rings (SSSR count). The first-order valence-corrected chi connectivity index (χ1v) is 14.0. The first kappa shape index (κ1) is 28.6. The monoisotopic (exact) mass is 490 g/mol. The van der Waals surface area contributed by atoms with Gasteiger partial charge in [0.15, 0.2) is 0 Å². The Labute approximate surface area is 207 Å². The Morgan fingerprint density at radius 3 is 1.53 bits per heavy atom. The molecule has 0 spiro atoms. The second-order valence-corrected chi connectivity index (χ2v) is 10.0. The molecule has 0 aliphatic carbocycles. The summed E-state index contributed by atoms with van der Waals surface area (Å²) in [5, 5.41) is 19.3. The zero-order valence-electron chi connectivity index (χ0n) is 20.9. The third-order valence-electron chi connectivity index (χ3n) is 6.18. The van der Waals surface area contributed by atoms with Crippen molar-refractivity contribution in [1.82, 2.24) is 0 Å². The van der Waals surface area contributed by atoms with E-state index in [1.54, 1.807) is 24.3 Å². The van der Waals surface area contributed by atoms with Crippen LogP contribution < -0.4 is 0 Å². The van der Waals surface area contributed by atoms with Crippen LogP contribution in [0.3, 0.4) is 0 Å². The molecule has 0 fully saturated rings. The van der Waals surface area contributed by atoms with E-state index in [0.717, 1.165) is 24.0 Å². The van der Waals surface area contributed by atoms with Gasteiger partial charge in [-0.2, -0.15) is 0 Å². The largest absolute Gasteiger partial charge is 0.508 e. The minimum atomic E-state index is -1.98. The molecule has 2 aromatic carbocycles. The van der Waals surface area contributed by atoms with E-state index in [0.29, 0.717) is 6.61 Å². The van der Waals surface area contributed by atoms with E-state index in [4.69, 9.17) is 9.05 Å². The van der Waals surface area contributed by atoms with Crippen molar-refractivity contribution < 1.29 is 24.2 Å². The maximum atomic E-state index is 10.4. The van der Waals surface area contributed by atoms with Crippen molar-refractivity contribution in [2.75, 3.05) is 6.61 Å². The number of rotatable bonds is 18. The molecule has 0 heterocycles. The molecule has 190 valence electrons. The van der Waals surface area contributed by atoms with Gasteiger partial charge in [0.1, 0.15) is 11.5 Å². The van der Waals surface area contributed by atoms with Gasteiger partial charge in [-0.15, -0.1) is 0 Å². The minimum Gasteiger partial charge on any atom is -0.508 e. The highest BCUT2D eigenvalue weighted by atomic mass is 31.2. The van der Waals surface area contributed by atoms with Gasteiger partial charge in [0.05, 0.1) is 12.7 Å². The van der Waals surface area contributed by atoms with Crippen molar-refractivity contribution in [3.05, 3.63) is 59.7 Å². The van der Waals surface area contributed by atoms with Crippen LogP contribution in [0.15, 0.2) is 48.5 Å². The van der Waals surface area contributed by atoms with Crippen LogP contribution in [0.2, 0.25) is 0 Å². The highest BCUT2D eigenvalue weighted by Crippen LogP contribution is 2.41. The Balaban J connectivity index is 1.70. The van der Waals surface area contributed by atoms with E-state index >= 15 is 0 Å². The summed E-state index contributed by atoms with van der Waals surface area (Å²) >= 11 is 0. The van der Waals surface area contributed by atoms with Crippen LogP contribution in [0.5, 0.6) is 11.5 Å². The third-order valence-corrected chi connectivity index (χ3v) is 7.10. The number of benzene rings is 2. The van der Waals surface area contributed by atoms with Crippen LogP contribution in [0.1, 0.15) is 102 Å². The highest BCUT2D eigenvalue weighted by Gasteiger charge is 2.25. The number of aromatic hydroxyl groups is 2. The van der Waals surface area contributed by atoms with Gasteiger partial charge in [-0.25, -0.2) is 0 Å². The number of phenols is 2. The lowest BCUT2D eigenvalue weighted by Gasteiger charge is -2.26. The lowest BCUT2D eigenvalue weighted by atomic mass is 9.87. The van der Waals surface area contributed by atoms with Gasteiger partial charge in [-0.1, -0.05) is 95.4 Å². The molecule has 0 aliphatic heterocycles. The van der Waals surface area contributed by atoms with Crippen molar-refractivity contribution in [3.8, 4) is 11.5 Å². The van der Waals surface area contributed by atoms with E-state index in [9.17, 15) is 15.1 Å². The van der Waals surface area contributed by atoms with E-state index in [2.05, 4.69) is 6.92 Å². The fraction of sp³-hybridized carbons (Fsp3) is 0.571. The molecule has 2 atom stereocenters. The van der Waals surface area contributed by atoms with Crippen molar-refractivity contribution in [2.24, 2.45) is 0 Å². The van der Waals surface area contributed by atoms with Gasteiger partial charge < -0.3 is 24.2 Å². The maximum absolute atomic E-state index is 10.4. The van der Waals surface area contributed by atoms with Crippen LogP contribution in [0, 0.1) is 0 Å². The first-order valence-electron chi connectivity index (χ1n) is 12.9. The lowest BCUT2D eigenvalue weighted by molar-refractivity contribution is 0.142. The Bertz CT molecular complexity index is 720. The number of hydrogen-bond acceptors (Lipinski definition) is 5. The molecule has 0 saturated heterocycles. The average Bonchev–Trinajstić information content (AvgIpc) is 2.82. The summed E-state index contributed by atoms with van der Waals surface area (Å²) in [5.41, 5.74) is 1.90. The topological polar surface area (TPSA) is 79.2 Å². The Morgan fingerprint density at radius 1 is 0.676 bits per heavy atom. The van der Waals surface area contributed by atoms with Gasteiger partial charge in [0.25, 0.3) is 0 Å². The molecule has 2 unspecified atom stereocenters. The molecule has 6 heteroatoms. The Morgan fingerprint density at radius 2 is 1.09 bits per heavy atom. The number of hydrogen-bond donors (Lipinski definition) is 3. The highest BCUT2D eigenvalue weighted by molar-refractivity contribution is 7.40. The summed E-state index contributed by atoms with van der Waals surface area (Å²) in [7, 11) is -1.98. The van der Waals surface area contributed by atoms with Crippen molar-refractivity contribution in [3.63, 3.8) is 0 Å². The maximum Gasteiger partial charge on any atom is 0.330 e. The van der Waals surface area contributed by atoms with Gasteiger partial charge in [-0.05, 0) is 48.7 Å². The first-order chi connectivity index (χ1) is 16.5. The van der Waals surface area contributed by atoms with E-state index in [-0.39, 0.29) is 23.5 Å². The molecule has 5 nitrogen and oxygen atoms in total. The van der Waals surface area contributed by atoms with E-state index < -0.39 is 8.60 Å². The molecular formula is C28H43O5P. The SMILES string of the molecule is CCCCCCCCCCCCCOP(O)OC(C)C(c1ccc(O)cc1)c1ccc(O)cc1. The fourth-order valence-corrected chi connectivity index (χ4v) is 4.99. The molecule has 34 heavy (non-hydrogen) atoms. The normalized spacial score (nSPS) is 13.3. The third kappa shape index (κ3) is 11.2. The summed E-state index contributed by atoms with van der Waals surface area (Å²) < 4.78 is 11.4. The zero-order chi connectivity index (χ0) is 24.6. The Hall–Kier alpha value is -1.65. The predicted octanol–water partition coefficient (Wildman–Crippen LogP) is 8.18. The molecule has 0 saturated carbocycles. The number of phenolic OH excluding ortho intramolecular Hbond substituents is 2. The molecule has 0 bridgehead atoms. The molecule has 0 aromatic heterocycles. The molecule has 0 radical (unpaired) electrons. The van der Waals surface area contributed by atoms with E-state index in [1.165, 1.54) is 57.8 Å². The second kappa shape index (κ2) is 16.9. The summed E-state index contributed by atoms with van der Waals surface area (Å²) in [6.07, 6.45) is 13.6. The average molecular weight is 491 g/mol. The van der Waals surface area contributed by atoms with Crippen LogP contribution in [-0.4, -0.2) is 27.8 Å². The molecular weight excluding hydrogens is 447 g/mol. The smallest absolute Gasteiger partial charge is 0.330 e. The van der Waals surface area contributed by atoms with Crippen molar-refractivity contribution >= 4 is 8.60 Å². The lowest BCUT2D eigenvalue weighted by Crippen LogP contribution is -2.19. The van der Waals surface area contributed by atoms with Gasteiger partial charge in [0.2, 0.25) is 0 Å². The predicted molar refractivity (Wildman–Crippen MR) is 140 cm³/mol. The summed E-state index contributed by atoms with van der Waals surface area (Å²) in [5.74, 6) is 0.215. The van der Waals surface area contributed by atoms with Crippen LogP contribution in [0.25, 0.3) is 0 Å². The molecule has 0 amide bonds. The fourth-order valence-electron chi connectivity index (χ4n) is 4.24. The summed E-state index contributed by atoms with van der Waals surface area (Å²) in [4.78, 5) is 10.4. The van der Waals surface area contributed by atoms with Crippen LogP contribution in [-0.2, 0) is 9.05 Å². The van der Waals surface area contributed by atoms with Gasteiger partial charge in [0, 0.05) is 5.92 Å². The van der Waals surface area contributed by atoms with Crippen molar-refractivity contribution in [1.29, 1.82) is 0 Å². The van der Waals surface area contributed by atoms with Gasteiger partial charge in [-0.3, -0.25) is 0 Å².